The molecule has 8 heteroatoms. The van der Waals surface area contributed by atoms with E-state index in [-0.39, 0.29) is 11.9 Å². The Hall–Kier alpha value is -3.03. The molecule has 2 atom stereocenters. The normalized spacial score (nSPS) is 16.9. The van der Waals surface area contributed by atoms with Crippen LogP contribution in [0.25, 0.3) is 0 Å². The third kappa shape index (κ3) is 3.95. The molecule has 0 saturated carbocycles. The topological polar surface area (TPSA) is 87.0 Å². The van der Waals surface area contributed by atoms with Gasteiger partial charge < -0.3 is 19.6 Å². The molecule has 28 heavy (non-hydrogen) atoms. The summed E-state index contributed by atoms with van der Waals surface area (Å²) in [5.41, 5.74) is 3.36. The van der Waals surface area contributed by atoms with Crippen molar-refractivity contribution in [2.75, 3.05) is 14.2 Å². The largest absolute Gasteiger partial charge is 0.497 e. The molecule has 2 aromatic rings. The van der Waals surface area contributed by atoms with E-state index < -0.39 is 6.10 Å². The minimum atomic E-state index is -0.668. The van der Waals surface area contributed by atoms with Crippen LogP contribution in [0.3, 0.4) is 0 Å². The van der Waals surface area contributed by atoms with E-state index in [1.807, 2.05) is 49.8 Å². The third-order valence-corrected chi connectivity index (χ3v) is 4.80. The van der Waals surface area contributed by atoms with E-state index in [0.29, 0.717) is 17.9 Å². The van der Waals surface area contributed by atoms with Crippen LogP contribution in [-0.2, 0) is 16.2 Å². The molecular formula is C20H26N4O4. The van der Waals surface area contributed by atoms with Crippen molar-refractivity contribution in [3.05, 3.63) is 41.2 Å². The number of carbonyl (C=O) groups is 1. The second-order valence-electron chi connectivity index (χ2n) is 6.66. The van der Waals surface area contributed by atoms with Crippen LogP contribution in [0.2, 0.25) is 0 Å². The Labute approximate surface area is 164 Å². The average molecular weight is 386 g/mol. The SMILES string of the molecule is CCn1cc(C2=NOC(C(=O)NC(C)c3cc(OC)ccc3OC)C2)c(C)n1. The number of ether oxygens (including phenoxy) is 2. The maximum atomic E-state index is 12.7. The smallest absolute Gasteiger partial charge is 0.264 e. The minimum absolute atomic E-state index is 0.225. The van der Waals surface area contributed by atoms with Gasteiger partial charge in [0.25, 0.3) is 5.91 Å². The van der Waals surface area contributed by atoms with Gasteiger partial charge in [0, 0.05) is 30.3 Å². The summed E-state index contributed by atoms with van der Waals surface area (Å²) in [4.78, 5) is 18.1. The van der Waals surface area contributed by atoms with E-state index in [0.717, 1.165) is 29.1 Å². The fourth-order valence-electron chi connectivity index (χ4n) is 3.20. The van der Waals surface area contributed by atoms with Gasteiger partial charge >= 0.3 is 0 Å². The number of amides is 1. The van der Waals surface area contributed by atoms with Gasteiger partial charge in [-0.1, -0.05) is 5.16 Å². The zero-order chi connectivity index (χ0) is 20.3. The first-order chi connectivity index (χ1) is 13.5. The Balaban J connectivity index is 1.67. The van der Waals surface area contributed by atoms with Gasteiger partial charge in [-0.05, 0) is 39.0 Å². The molecular weight excluding hydrogens is 360 g/mol. The lowest BCUT2D eigenvalue weighted by molar-refractivity contribution is -0.131. The number of hydrogen-bond acceptors (Lipinski definition) is 6. The molecule has 150 valence electrons. The maximum absolute atomic E-state index is 12.7. The summed E-state index contributed by atoms with van der Waals surface area (Å²) in [6.45, 7) is 6.61. The molecule has 0 aliphatic carbocycles. The number of nitrogens with zero attached hydrogens (tertiary/aromatic N) is 3. The molecule has 0 saturated heterocycles. The molecule has 0 radical (unpaired) electrons. The molecule has 2 unspecified atom stereocenters. The lowest BCUT2D eigenvalue weighted by Gasteiger charge is -2.19. The number of benzene rings is 1. The van der Waals surface area contributed by atoms with Crippen molar-refractivity contribution in [1.29, 1.82) is 0 Å². The van der Waals surface area contributed by atoms with Crippen LogP contribution >= 0.6 is 0 Å². The molecule has 1 aliphatic rings. The maximum Gasteiger partial charge on any atom is 0.264 e. The van der Waals surface area contributed by atoms with Crippen LogP contribution < -0.4 is 14.8 Å². The summed E-state index contributed by atoms with van der Waals surface area (Å²) >= 11 is 0. The summed E-state index contributed by atoms with van der Waals surface area (Å²) in [6, 6.07) is 5.20. The number of aromatic nitrogens is 2. The van der Waals surface area contributed by atoms with Crippen molar-refractivity contribution in [1.82, 2.24) is 15.1 Å². The van der Waals surface area contributed by atoms with Gasteiger partial charge in [-0.25, -0.2) is 0 Å². The lowest BCUT2D eigenvalue weighted by atomic mass is 10.0. The van der Waals surface area contributed by atoms with Crippen molar-refractivity contribution < 1.29 is 19.1 Å². The van der Waals surface area contributed by atoms with E-state index in [1.165, 1.54) is 0 Å². The first-order valence-electron chi connectivity index (χ1n) is 9.26. The number of nitrogens with one attached hydrogen (secondary N) is 1. The first-order valence-corrected chi connectivity index (χ1v) is 9.26. The second-order valence-corrected chi connectivity index (χ2v) is 6.66. The fourth-order valence-corrected chi connectivity index (χ4v) is 3.20. The third-order valence-electron chi connectivity index (χ3n) is 4.80. The van der Waals surface area contributed by atoms with E-state index in [1.54, 1.807) is 14.2 Å². The molecule has 2 heterocycles. The van der Waals surface area contributed by atoms with Gasteiger partial charge in [-0.3, -0.25) is 9.48 Å². The number of carbonyl (C=O) groups excluding carboxylic acids is 1. The van der Waals surface area contributed by atoms with Crippen molar-refractivity contribution >= 4 is 11.6 Å². The second kappa shape index (κ2) is 8.33. The highest BCUT2D eigenvalue weighted by molar-refractivity contribution is 6.04. The van der Waals surface area contributed by atoms with Crippen molar-refractivity contribution in [2.45, 2.75) is 45.9 Å². The summed E-state index contributed by atoms with van der Waals surface area (Å²) in [7, 11) is 3.20. The van der Waals surface area contributed by atoms with Crippen molar-refractivity contribution in [3.8, 4) is 11.5 Å². The van der Waals surface area contributed by atoms with Crippen LogP contribution in [0.5, 0.6) is 11.5 Å². The van der Waals surface area contributed by atoms with Gasteiger partial charge in [-0.2, -0.15) is 5.10 Å². The molecule has 1 aromatic carbocycles. The monoisotopic (exact) mass is 386 g/mol. The fraction of sp³-hybridized carbons (Fsp3) is 0.450. The molecule has 3 rings (SSSR count). The van der Waals surface area contributed by atoms with E-state index in [9.17, 15) is 4.79 Å². The summed E-state index contributed by atoms with van der Waals surface area (Å²) < 4.78 is 12.5. The number of hydrogen-bond donors (Lipinski definition) is 1. The molecule has 0 fully saturated rings. The van der Waals surface area contributed by atoms with Crippen molar-refractivity contribution in [2.24, 2.45) is 5.16 Å². The van der Waals surface area contributed by atoms with Crippen LogP contribution in [-0.4, -0.2) is 41.7 Å². The van der Waals surface area contributed by atoms with Crippen LogP contribution in [0.1, 0.15) is 43.1 Å². The molecule has 8 nitrogen and oxygen atoms in total. The zero-order valence-electron chi connectivity index (χ0n) is 16.9. The standard InChI is InChI=1S/C20H26N4O4/c1-6-24-11-16(13(3)22-24)17-10-19(28-23-17)20(25)21-12(2)15-9-14(26-4)7-8-18(15)27-5/h7-9,11-12,19H,6,10H2,1-5H3,(H,21,25). The Bertz CT molecular complexity index is 890. The Kier molecular flexibility index (Phi) is 5.87. The lowest BCUT2D eigenvalue weighted by Crippen LogP contribution is -2.36. The molecule has 1 aromatic heterocycles. The molecule has 0 bridgehead atoms. The van der Waals surface area contributed by atoms with Gasteiger partial charge in [0.15, 0.2) is 0 Å². The van der Waals surface area contributed by atoms with E-state index in [2.05, 4.69) is 15.6 Å². The van der Waals surface area contributed by atoms with Gasteiger partial charge in [0.1, 0.15) is 11.5 Å². The number of oxime groups is 1. The Morgan fingerprint density at radius 1 is 1.39 bits per heavy atom. The van der Waals surface area contributed by atoms with E-state index in [4.69, 9.17) is 14.3 Å². The highest BCUT2D eigenvalue weighted by Gasteiger charge is 2.31. The Morgan fingerprint density at radius 2 is 2.18 bits per heavy atom. The predicted molar refractivity (Wildman–Crippen MR) is 105 cm³/mol. The number of methoxy groups -OCH3 is 2. The molecule has 1 N–H and O–H groups in total. The molecule has 0 spiro atoms. The zero-order valence-corrected chi connectivity index (χ0v) is 16.9. The minimum Gasteiger partial charge on any atom is -0.497 e. The van der Waals surface area contributed by atoms with Crippen molar-refractivity contribution in [3.63, 3.8) is 0 Å². The summed E-state index contributed by atoms with van der Waals surface area (Å²) in [5, 5.41) is 11.5. The first kappa shape index (κ1) is 19.7. The van der Waals surface area contributed by atoms with Crippen LogP contribution in [0.15, 0.2) is 29.6 Å². The van der Waals surface area contributed by atoms with Gasteiger partial charge in [0.05, 0.1) is 31.7 Å². The average Bonchev–Trinajstić information content (AvgIpc) is 3.33. The summed E-state index contributed by atoms with van der Waals surface area (Å²) in [6.07, 6.45) is 1.67. The number of rotatable bonds is 7. The highest BCUT2D eigenvalue weighted by Crippen LogP contribution is 2.29. The van der Waals surface area contributed by atoms with E-state index >= 15 is 0 Å². The molecule has 1 aliphatic heterocycles. The van der Waals surface area contributed by atoms with Crippen LogP contribution in [0, 0.1) is 6.92 Å². The Morgan fingerprint density at radius 3 is 2.82 bits per heavy atom. The highest BCUT2D eigenvalue weighted by atomic mass is 16.6. The van der Waals surface area contributed by atoms with Gasteiger partial charge in [0.2, 0.25) is 6.10 Å². The number of aryl methyl sites for hydroxylation is 2. The molecule has 1 amide bonds. The summed E-state index contributed by atoms with van der Waals surface area (Å²) in [5.74, 6) is 1.15. The van der Waals surface area contributed by atoms with Crippen LogP contribution in [0.4, 0.5) is 0 Å². The van der Waals surface area contributed by atoms with Gasteiger partial charge in [-0.15, -0.1) is 0 Å². The predicted octanol–water partition coefficient (Wildman–Crippen LogP) is 2.60. The quantitative estimate of drug-likeness (QED) is 0.790.